The molecule has 0 fully saturated rings. The van der Waals surface area contributed by atoms with Crippen LogP contribution in [0.4, 0.5) is 11.8 Å². The molecule has 0 aliphatic rings. The molecule has 25 heavy (non-hydrogen) atoms. The predicted molar refractivity (Wildman–Crippen MR) is 105 cm³/mol. The third kappa shape index (κ3) is 4.58. The van der Waals surface area contributed by atoms with E-state index in [4.69, 9.17) is 11.6 Å². The fourth-order valence-corrected chi connectivity index (χ4v) is 2.57. The molecule has 3 rings (SSSR count). The van der Waals surface area contributed by atoms with Crippen LogP contribution in [0.25, 0.3) is 11.3 Å². The lowest BCUT2D eigenvalue weighted by Crippen LogP contribution is -2.08. The van der Waals surface area contributed by atoms with Crippen molar-refractivity contribution in [3.8, 4) is 11.3 Å². The summed E-state index contributed by atoms with van der Waals surface area (Å²) >= 11 is 6.22. The van der Waals surface area contributed by atoms with Gasteiger partial charge in [0.25, 0.3) is 0 Å². The highest BCUT2D eigenvalue weighted by Crippen LogP contribution is 2.22. The molecule has 0 amide bonds. The van der Waals surface area contributed by atoms with Gasteiger partial charge in [0.05, 0.1) is 5.69 Å². The number of nitrogens with zero attached hydrogens (tertiary/aromatic N) is 2. The van der Waals surface area contributed by atoms with Gasteiger partial charge in [0.15, 0.2) is 0 Å². The van der Waals surface area contributed by atoms with Gasteiger partial charge < -0.3 is 10.6 Å². The Morgan fingerprint density at radius 1 is 0.960 bits per heavy atom. The van der Waals surface area contributed by atoms with Gasteiger partial charge in [-0.3, -0.25) is 0 Å². The first-order valence-electron chi connectivity index (χ1n) is 8.03. The highest BCUT2D eigenvalue weighted by Gasteiger charge is 2.07. The molecule has 0 aliphatic heterocycles. The van der Waals surface area contributed by atoms with Gasteiger partial charge in [-0.1, -0.05) is 66.2 Å². The Morgan fingerprint density at radius 3 is 2.48 bits per heavy atom. The Balaban J connectivity index is 1.86. The van der Waals surface area contributed by atoms with E-state index < -0.39 is 0 Å². The minimum absolute atomic E-state index is 0.558. The Bertz CT molecular complexity index is 849. The number of halogens is 1. The molecule has 126 valence electrons. The van der Waals surface area contributed by atoms with Crippen molar-refractivity contribution >= 4 is 23.4 Å². The summed E-state index contributed by atoms with van der Waals surface area (Å²) in [6.45, 7) is 4.90. The maximum absolute atomic E-state index is 6.22. The van der Waals surface area contributed by atoms with Crippen LogP contribution in [0.1, 0.15) is 5.56 Å². The summed E-state index contributed by atoms with van der Waals surface area (Å²) in [5, 5.41) is 7.21. The third-order valence-corrected chi connectivity index (χ3v) is 3.99. The second kappa shape index (κ2) is 8.31. The van der Waals surface area contributed by atoms with E-state index in [0.717, 1.165) is 27.7 Å². The maximum atomic E-state index is 6.22. The van der Waals surface area contributed by atoms with E-state index in [0.29, 0.717) is 19.0 Å². The van der Waals surface area contributed by atoms with E-state index in [1.54, 1.807) is 6.08 Å². The van der Waals surface area contributed by atoms with Crippen LogP contribution in [0.2, 0.25) is 5.02 Å². The zero-order chi connectivity index (χ0) is 17.5. The first kappa shape index (κ1) is 17.0. The van der Waals surface area contributed by atoms with Crippen molar-refractivity contribution in [1.82, 2.24) is 9.97 Å². The molecular formula is C20H19ClN4. The number of hydrogen-bond donors (Lipinski definition) is 2. The van der Waals surface area contributed by atoms with Crippen molar-refractivity contribution in [3.63, 3.8) is 0 Å². The highest BCUT2D eigenvalue weighted by atomic mass is 35.5. The molecule has 2 N–H and O–H groups in total. The summed E-state index contributed by atoms with van der Waals surface area (Å²) in [4.78, 5) is 9.09. The molecule has 5 heteroatoms. The van der Waals surface area contributed by atoms with Gasteiger partial charge in [-0.25, -0.2) is 4.98 Å². The van der Waals surface area contributed by atoms with E-state index in [9.17, 15) is 0 Å². The lowest BCUT2D eigenvalue weighted by Gasteiger charge is -2.11. The van der Waals surface area contributed by atoms with E-state index >= 15 is 0 Å². The Hall–Kier alpha value is -2.85. The molecule has 0 aliphatic carbocycles. The topological polar surface area (TPSA) is 49.8 Å². The van der Waals surface area contributed by atoms with Gasteiger partial charge in [0.2, 0.25) is 5.95 Å². The molecule has 1 heterocycles. The normalized spacial score (nSPS) is 10.3. The minimum Gasteiger partial charge on any atom is -0.366 e. The van der Waals surface area contributed by atoms with Crippen LogP contribution in [0.3, 0.4) is 0 Å². The lowest BCUT2D eigenvalue weighted by atomic mass is 10.1. The van der Waals surface area contributed by atoms with Crippen molar-refractivity contribution < 1.29 is 0 Å². The summed E-state index contributed by atoms with van der Waals surface area (Å²) in [6.07, 6.45) is 1.77. The summed E-state index contributed by atoms with van der Waals surface area (Å²) in [6, 6.07) is 19.7. The van der Waals surface area contributed by atoms with Gasteiger partial charge in [0, 0.05) is 29.7 Å². The first-order chi connectivity index (χ1) is 12.3. The Morgan fingerprint density at radius 2 is 1.72 bits per heavy atom. The summed E-state index contributed by atoms with van der Waals surface area (Å²) in [5.74, 6) is 1.29. The standard InChI is InChI=1S/C20H19ClN4/c1-2-12-22-20-24-18(15-8-4-3-5-9-15)13-19(25-20)23-14-16-10-6-7-11-17(16)21/h2-11,13H,1,12,14H2,(H2,22,23,24,25). The van der Waals surface area contributed by atoms with Crippen molar-refractivity contribution in [2.75, 3.05) is 17.2 Å². The predicted octanol–water partition coefficient (Wildman–Crippen LogP) is 5.01. The molecule has 0 saturated carbocycles. The van der Waals surface area contributed by atoms with Crippen molar-refractivity contribution in [2.24, 2.45) is 0 Å². The summed E-state index contributed by atoms with van der Waals surface area (Å²) < 4.78 is 0. The molecular weight excluding hydrogens is 332 g/mol. The molecule has 0 unspecified atom stereocenters. The van der Waals surface area contributed by atoms with Gasteiger partial charge in [-0.2, -0.15) is 4.98 Å². The fraction of sp³-hybridized carbons (Fsp3) is 0.100. The molecule has 0 spiro atoms. The molecule has 0 radical (unpaired) electrons. The zero-order valence-corrected chi connectivity index (χ0v) is 14.5. The SMILES string of the molecule is C=CCNc1nc(NCc2ccccc2Cl)cc(-c2ccccc2)n1. The molecule has 4 nitrogen and oxygen atoms in total. The third-order valence-electron chi connectivity index (χ3n) is 3.62. The van der Waals surface area contributed by atoms with Crippen molar-refractivity contribution in [1.29, 1.82) is 0 Å². The summed E-state index contributed by atoms with van der Waals surface area (Å²) in [7, 11) is 0. The monoisotopic (exact) mass is 350 g/mol. The van der Waals surface area contributed by atoms with Crippen LogP contribution in [-0.4, -0.2) is 16.5 Å². The summed E-state index contributed by atoms with van der Waals surface area (Å²) in [5.41, 5.74) is 2.90. The maximum Gasteiger partial charge on any atom is 0.225 e. The highest BCUT2D eigenvalue weighted by molar-refractivity contribution is 6.31. The number of aromatic nitrogens is 2. The van der Waals surface area contributed by atoms with Gasteiger partial charge >= 0.3 is 0 Å². The van der Waals surface area contributed by atoms with Gasteiger partial charge in [-0.15, -0.1) is 6.58 Å². The number of hydrogen-bond acceptors (Lipinski definition) is 4. The molecule has 0 atom stereocenters. The number of rotatable bonds is 7. The van der Waals surface area contributed by atoms with Crippen LogP contribution in [-0.2, 0) is 6.54 Å². The minimum atomic E-state index is 0.558. The first-order valence-corrected chi connectivity index (χ1v) is 8.40. The fourth-order valence-electron chi connectivity index (χ4n) is 2.36. The number of nitrogens with one attached hydrogen (secondary N) is 2. The van der Waals surface area contributed by atoms with Crippen LogP contribution in [0, 0.1) is 0 Å². The molecule has 0 bridgehead atoms. The molecule has 2 aromatic carbocycles. The largest absolute Gasteiger partial charge is 0.366 e. The second-order valence-corrected chi connectivity index (χ2v) is 5.85. The number of anilines is 2. The van der Waals surface area contributed by atoms with E-state index in [1.807, 2.05) is 60.7 Å². The van der Waals surface area contributed by atoms with Crippen LogP contribution in [0.15, 0.2) is 73.3 Å². The molecule has 1 aromatic heterocycles. The lowest BCUT2D eigenvalue weighted by molar-refractivity contribution is 1.07. The number of benzene rings is 2. The molecule has 3 aromatic rings. The average molecular weight is 351 g/mol. The average Bonchev–Trinajstić information content (AvgIpc) is 2.66. The zero-order valence-electron chi connectivity index (χ0n) is 13.7. The Labute approximate surface area is 152 Å². The van der Waals surface area contributed by atoms with E-state index in [-0.39, 0.29) is 0 Å². The van der Waals surface area contributed by atoms with Crippen molar-refractivity contribution in [2.45, 2.75) is 6.54 Å². The van der Waals surface area contributed by atoms with E-state index in [1.165, 1.54) is 0 Å². The second-order valence-electron chi connectivity index (χ2n) is 5.44. The van der Waals surface area contributed by atoms with E-state index in [2.05, 4.69) is 27.2 Å². The molecule has 0 saturated heterocycles. The van der Waals surface area contributed by atoms with Gasteiger partial charge in [-0.05, 0) is 11.6 Å². The van der Waals surface area contributed by atoms with Crippen LogP contribution < -0.4 is 10.6 Å². The quantitative estimate of drug-likeness (QED) is 0.588. The van der Waals surface area contributed by atoms with Crippen molar-refractivity contribution in [3.05, 3.63) is 83.9 Å². The smallest absolute Gasteiger partial charge is 0.225 e. The van der Waals surface area contributed by atoms with Crippen LogP contribution >= 0.6 is 11.6 Å². The van der Waals surface area contributed by atoms with Gasteiger partial charge in [0.1, 0.15) is 5.82 Å². The van der Waals surface area contributed by atoms with Crippen LogP contribution in [0.5, 0.6) is 0 Å². The Kier molecular flexibility index (Phi) is 5.65.